The molecule has 0 spiro atoms. The van der Waals surface area contributed by atoms with Gasteiger partial charge in [0.2, 0.25) is 5.82 Å². The zero-order chi connectivity index (χ0) is 15.7. The van der Waals surface area contributed by atoms with E-state index in [1.807, 2.05) is 45.0 Å². The number of anilines is 1. The molecule has 8 heteroatoms. The first-order chi connectivity index (χ1) is 10.5. The minimum absolute atomic E-state index is 0.439. The smallest absolute Gasteiger partial charge is 0.205 e. The number of hydrogen-bond acceptors (Lipinski definition) is 5. The van der Waals surface area contributed by atoms with Gasteiger partial charge in [0.05, 0.1) is 5.69 Å². The molecule has 1 aromatic carbocycles. The van der Waals surface area contributed by atoms with E-state index in [9.17, 15) is 0 Å². The second-order valence-corrected chi connectivity index (χ2v) is 5.38. The summed E-state index contributed by atoms with van der Waals surface area (Å²) >= 11 is 5.35. The highest BCUT2D eigenvalue weighted by Gasteiger charge is 2.19. The largest absolute Gasteiger partial charge is 0.331 e. The topological polar surface area (TPSA) is 80.5 Å². The van der Waals surface area contributed by atoms with Crippen molar-refractivity contribution < 1.29 is 0 Å². The van der Waals surface area contributed by atoms with Gasteiger partial charge in [0, 0.05) is 5.69 Å². The number of fused-ring (bicyclic) bond motifs is 1. The SMILES string of the molecule is Cc1cccc(NC(=S)Nn2c(C)nnc3c(C)nnc2-3)c1. The summed E-state index contributed by atoms with van der Waals surface area (Å²) in [7, 11) is 0. The molecule has 0 saturated carbocycles. The van der Waals surface area contributed by atoms with Crippen LogP contribution in [0.5, 0.6) is 0 Å². The highest BCUT2D eigenvalue weighted by Crippen LogP contribution is 2.18. The molecule has 0 atom stereocenters. The van der Waals surface area contributed by atoms with Crippen molar-refractivity contribution in [3.63, 3.8) is 0 Å². The van der Waals surface area contributed by atoms with Crippen molar-refractivity contribution in [2.45, 2.75) is 20.8 Å². The average Bonchev–Trinajstić information content (AvgIpc) is 2.84. The molecule has 22 heavy (non-hydrogen) atoms. The Morgan fingerprint density at radius 3 is 2.68 bits per heavy atom. The number of aromatic nitrogens is 5. The first-order valence-electron chi connectivity index (χ1n) is 6.74. The van der Waals surface area contributed by atoms with Gasteiger partial charge in [0.15, 0.2) is 10.8 Å². The second-order valence-electron chi connectivity index (χ2n) is 4.98. The summed E-state index contributed by atoms with van der Waals surface area (Å²) in [6, 6.07) is 7.96. The lowest BCUT2D eigenvalue weighted by Gasteiger charge is -2.16. The molecule has 1 aromatic rings. The Hall–Kier alpha value is -2.61. The van der Waals surface area contributed by atoms with Gasteiger partial charge in [-0.25, -0.2) is 4.68 Å². The number of rotatable bonds is 2. The fourth-order valence-corrected chi connectivity index (χ4v) is 2.29. The van der Waals surface area contributed by atoms with E-state index in [2.05, 4.69) is 31.1 Å². The van der Waals surface area contributed by atoms with Crippen LogP contribution in [0.3, 0.4) is 0 Å². The van der Waals surface area contributed by atoms with Crippen molar-refractivity contribution in [2.75, 3.05) is 10.7 Å². The molecule has 0 saturated heterocycles. The molecule has 112 valence electrons. The second kappa shape index (κ2) is 5.64. The minimum Gasteiger partial charge on any atom is -0.331 e. The van der Waals surface area contributed by atoms with Crippen LogP contribution >= 0.6 is 12.2 Å². The van der Waals surface area contributed by atoms with Crippen LogP contribution in [0.25, 0.3) is 11.5 Å². The quantitative estimate of drug-likeness (QED) is 0.701. The fourth-order valence-electron chi connectivity index (χ4n) is 2.08. The molecular weight excluding hydrogens is 298 g/mol. The van der Waals surface area contributed by atoms with Crippen LogP contribution in [-0.4, -0.2) is 30.2 Å². The van der Waals surface area contributed by atoms with E-state index in [-0.39, 0.29) is 0 Å². The van der Waals surface area contributed by atoms with E-state index in [4.69, 9.17) is 12.2 Å². The standard InChI is InChI=1S/C14H15N7S/c1-8-5-4-6-11(7-8)15-14(22)20-21-10(3)17-18-12-9(2)16-19-13(12)21/h4-7H,1-3H3,(H2,15,20,22). The first kappa shape index (κ1) is 14.3. The van der Waals surface area contributed by atoms with E-state index in [0.29, 0.717) is 22.5 Å². The highest BCUT2D eigenvalue weighted by atomic mass is 32.1. The number of benzene rings is 1. The summed E-state index contributed by atoms with van der Waals surface area (Å²) in [6.45, 7) is 5.69. The van der Waals surface area contributed by atoms with Crippen LogP contribution in [0.15, 0.2) is 24.3 Å². The summed E-state index contributed by atoms with van der Waals surface area (Å²) in [5, 5.41) is 19.9. The van der Waals surface area contributed by atoms with Gasteiger partial charge in [-0.05, 0) is 50.7 Å². The Labute approximate surface area is 133 Å². The van der Waals surface area contributed by atoms with Crippen LogP contribution in [0.2, 0.25) is 0 Å². The summed E-state index contributed by atoms with van der Waals surface area (Å²) in [6.07, 6.45) is 0. The molecule has 2 heterocycles. The van der Waals surface area contributed by atoms with E-state index in [1.165, 1.54) is 0 Å². The van der Waals surface area contributed by atoms with Crippen molar-refractivity contribution in [2.24, 2.45) is 0 Å². The number of hydrogen-bond donors (Lipinski definition) is 2. The van der Waals surface area contributed by atoms with E-state index in [1.54, 1.807) is 4.68 Å². The van der Waals surface area contributed by atoms with Gasteiger partial charge in [0.1, 0.15) is 5.82 Å². The summed E-state index contributed by atoms with van der Waals surface area (Å²) in [4.78, 5) is 0. The molecule has 2 aliphatic heterocycles. The van der Waals surface area contributed by atoms with Crippen LogP contribution in [0, 0.1) is 20.8 Å². The van der Waals surface area contributed by atoms with E-state index in [0.717, 1.165) is 16.9 Å². The number of nitrogens with zero attached hydrogens (tertiary/aromatic N) is 5. The van der Waals surface area contributed by atoms with E-state index < -0.39 is 0 Å². The van der Waals surface area contributed by atoms with Crippen molar-refractivity contribution in [3.8, 4) is 11.5 Å². The Balaban J connectivity index is 1.83. The van der Waals surface area contributed by atoms with Gasteiger partial charge >= 0.3 is 0 Å². The molecule has 0 radical (unpaired) electrons. The third-order valence-electron chi connectivity index (χ3n) is 3.17. The molecule has 2 aliphatic rings. The summed E-state index contributed by atoms with van der Waals surface area (Å²) in [5.41, 5.74) is 6.52. The summed E-state index contributed by atoms with van der Waals surface area (Å²) in [5.74, 6) is 1.24. The van der Waals surface area contributed by atoms with E-state index >= 15 is 0 Å². The maximum Gasteiger partial charge on any atom is 0.205 e. The monoisotopic (exact) mass is 313 g/mol. The van der Waals surface area contributed by atoms with Crippen molar-refractivity contribution in [3.05, 3.63) is 41.3 Å². The molecule has 7 nitrogen and oxygen atoms in total. The van der Waals surface area contributed by atoms with Crippen molar-refractivity contribution in [1.82, 2.24) is 25.1 Å². The predicted octanol–water partition coefficient (Wildman–Crippen LogP) is 2.04. The molecule has 0 aromatic heterocycles. The Kier molecular flexibility index (Phi) is 3.68. The number of aryl methyl sites for hydroxylation is 3. The molecule has 0 bridgehead atoms. The third-order valence-corrected chi connectivity index (χ3v) is 3.36. The van der Waals surface area contributed by atoms with Gasteiger partial charge in [0.25, 0.3) is 0 Å². The maximum absolute atomic E-state index is 5.35. The Bertz CT molecular complexity index is 811. The van der Waals surface area contributed by atoms with Crippen LogP contribution in [-0.2, 0) is 0 Å². The Morgan fingerprint density at radius 1 is 1.09 bits per heavy atom. The molecule has 2 N–H and O–H groups in total. The lowest BCUT2D eigenvalue weighted by molar-refractivity contribution is 0.780. The molecule has 0 aliphatic carbocycles. The van der Waals surface area contributed by atoms with Gasteiger partial charge in [-0.3, -0.25) is 5.43 Å². The first-order valence-corrected chi connectivity index (χ1v) is 7.15. The Morgan fingerprint density at radius 2 is 1.91 bits per heavy atom. The number of thiocarbonyl (C=S) groups is 1. The molecular formula is C14H15N7S. The zero-order valence-corrected chi connectivity index (χ0v) is 13.3. The lowest BCUT2D eigenvalue weighted by atomic mass is 10.2. The van der Waals surface area contributed by atoms with Gasteiger partial charge in [-0.15, -0.1) is 15.3 Å². The maximum atomic E-state index is 5.35. The van der Waals surface area contributed by atoms with Crippen LogP contribution < -0.4 is 10.7 Å². The summed E-state index contributed by atoms with van der Waals surface area (Å²) < 4.78 is 1.67. The van der Waals surface area contributed by atoms with Crippen LogP contribution in [0.1, 0.15) is 17.1 Å². The molecule has 3 rings (SSSR count). The van der Waals surface area contributed by atoms with Gasteiger partial charge in [-0.2, -0.15) is 5.10 Å². The van der Waals surface area contributed by atoms with Gasteiger partial charge in [-0.1, -0.05) is 12.1 Å². The molecule has 0 unspecified atom stereocenters. The fraction of sp³-hybridized carbons (Fsp3) is 0.214. The predicted molar refractivity (Wildman–Crippen MR) is 88.5 cm³/mol. The highest BCUT2D eigenvalue weighted by molar-refractivity contribution is 7.80. The van der Waals surface area contributed by atoms with Crippen molar-refractivity contribution in [1.29, 1.82) is 0 Å². The third kappa shape index (κ3) is 2.73. The lowest BCUT2D eigenvalue weighted by Crippen LogP contribution is -2.31. The normalized spacial score (nSPS) is 10.7. The van der Waals surface area contributed by atoms with Crippen LogP contribution in [0.4, 0.5) is 5.69 Å². The minimum atomic E-state index is 0.439. The zero-order valence-electron chi connectivity index (χ0n) is 12.5. The average molecular weight is 313 g/mol. The molecule has 0 amide bonds. The van der Waals surface area contributed by atoms with Gasteiger partial charge < -0.3 is 5.32 Å². The molecule has 0 fully saturated rings. The van der Waals surface area contributed by atoms with Crippen molar-refractivity contribution >= 4 is 23.0 Å². The number of nitrogens with one attached hydrogen (secondary N) is 2.